The van der Waals surface area contributed by atoms with E-state index in [-0.39, 0.29) is 5.69 Å². The van der Waals surface area contributed by atoms with Crippen molar-refractivity contribution in [2.24, 2.45) is 0 Å². The minimum atomic E-state index is -1.03. The second-order valence-electron chi connectivity index (χ2n) is 3.53. The number of thiazole rings is 1. The highest BCUT2D eigenvalue weighted by molar-refractivity contribution is 7.09. The summed E-state index contributed by atoms with van der Waals surface area (Å²) in [5.74, 6) is -0.456. The first kappa shape index (κ1) is 11.5. The number of rotatable bonds is 4. The second kappa shape index (κ2) is 4.57. The molecule has 0 radical (unpaired) electrons. The molecule has 3 aromatic heterocycles. The molecule has 3 aromatic rings. The van der Waals surface area contributed by atoms with Crippen molar-refractivity contribution in [2.75, 3.05) is 5.32 Å². The molecule has 96 valence electrons. The Bertz CT molecular complexity index is 737. The van der Waals surface area contributed by atoms with Crippen LogP contribution in [0.15, 0.2) is 17.5 Å². The van der Waals surface area contributed by atoms with Gasteiger partial charge in [0.1, 0.15) is 10.8 Å². The van der Waals surface area contributed by atoms with E-state index in [1.165, 1.54) is 21.3 Å². The lowest BCUT2D eigenvalue weighted by molar-refractivity contribution is 0.0691. The summed E-state index contributed by atoms with van der Waals surface area (Å²) in [6.07, 6.45) is 0. The highest BCUT2D eigenvalue weighted by Gasteiger charge is 2.08. The number of carboxylic acids is 1. The molecule has 0 aliphatic carbocycles. The van der Waals surface area contributed by atoms with Crippen LogP contribution in [0.4, 0.5) is 5.82 Å². The average Bonchev–Trinajstić information content (AvgIpc) is 3.04. The van der Waals surface area contributed by atoms with E-state index in [2.05, 4.69) is 30.9 Å². The van der Waals surface area contributed by atoms with Crippen molar-refractivity contribution in [3.05, 3.63) is 28.2 Å². The predicted molar refractivity (Wildman–Crippen MR) is 65.0 cm³/mol. The SMILES string of the molecule is O=C(O)c1csc(CNc2ccc3nnnn3n2)n1. The van der Waals surface area contributed by atoms with Gasteiger partial charge < -0.3 is 10.4 Å². The lowest BCUT2D eigenvalue weighted by Crippen LogP contribution is -2.05. The molecule has 0 bridgehead atoms. The molecule has 0 aliphatic heterocycles. The van der Waals surface area contributed by atoms with Gasteiger partial charge in [-0.05, 0) is 22.6 Å². The Balaban J connectivity index is 1.72. The summed E-state index contributed by atoms with van der Waals surface area (Å²) < 4.78 is 1.30. The van der Waals surface area contributed by atoms with Crippen LogP contribution in [0.25, 0.3) is 5.65 Å². The quantitative estimate of drug-likeness (QED) is 0.698. The fourth-order valence-corrected chi connectivity index (χ4v) is 2.11. The maximum atomic E-state index is 10.7. The molecule has 0 aromatic carbocycles. The molecule has 0 atom stereocenters. The van der Waals surface area contributed by atoms with Gasteiger partial charge in [-0.3, -0.25) is 0 Å². The van der Waals surface area contributed by atoms with Crippen molar-refractivity contribution in [1.29, 1.82) is 0 Å². The lowest BCUT2D eigenvalue weighted by Gasteiger charge is -2.01. The van der Waals surface area contributed by atoms with Crippen LogP contribution in [0.2, 0.25) is 0 Å². The summed E-state index contributed by atoms with van der Waals surface area (Å²) in [6.45, 7) is 0.387. The van der Waals surface area contributed by atoms with Crippen LogP contribution in [0, 0.1) is 0 Å². The Kier molecular flexibility index (Phi) is 2.76. The molecule has 2 N–H and O–H groups in total. The first-order valence-electron chi connectivity index (χ1n) is 5.19. The monoisotopic (exact) mass is 277 g/mol. The van der Waals surface area contributed by atoms with E-state index in [0.29, 0.717) is 23.0 Å². The predicted octanol–water partition coefficient (Wildman–Crippen LogP) is 0.286. The summed E-state index contributed by atoms with van der Waals surface area (Å²) in [5, 5.41) is 29.0. The molecule has 3 rings (SSSR count). The first-order valence-corrected chi connectivity index (χ1v) is 6.07. The molecule has 0 amide bonds. The van der Waals surface area contributed by atoms with Crippen molar-refractivity contribution in [2.45, 2.75) is 6.54 Å². The minimum absolute atomic E-state index is 0.0469. The highest BCUT2D eigenvalue weighted by Crippen LogP contribution is 2.12. The average molecular weight is 277 g/mol. The van der Waals surface area contributed by atoms with Gasteiger partial charge in [0, 0.05) is 5.38 Å². The van der Waals surface area contributed by atoms with Gasteiger partial charge in [0.2, 0.25) is 0 Å². The van der Waals surface area contributed by atoms with Crippen LogP contribution in [-0.4, -0.2) is 41.3 Å². The zero-order valence-electron chi connectivity index (χ0n) is 9.39. The van der Waals surface area contributed by atoms with E-state index >= 15 is 0 Å². The maximum absolute atomic E-state index is 10.7. The van der Waals surface area contributed by atoms with Gasteiger partial charge in [-0.15, -0.1) is 26.2 Å². The third-order valence-corrected chi connectivity index (χ3v) is 3.11. The summed E-state index contributed by atoms with van der Waals surface area (Å²) in [7, 11) is 0. The number of carbonyl (C=O) groups is 1. The number of hydrogen-bond acceptors (Lipinski definition) is 8. The first-order chi connectivity index (χ1) is 9.22. The Morgan fingerprint density at radius 2 is 2.37 bits per heavy atom. The third-order valence-electron chi connectivity index (χ3n) is 2.26. The van der Waals surface area contributed by atoms with Gasteiger partial charge in [-0.2, -0.15) is 0 Å². The number of aromatic carboxylic acids is 1. The molecule has 0 saturated carbocycles. The van der Waals surface area contributed by atoms with Crippen molar-refractivity contribution in [3.63, 3.8) is 0 Å². The molecule has 0 aliphatic rings. The van der Waals surface area contributed by atoms with Gasteiger partial charge in [0.25, 0.3) is 0 Å². The molecule has 0 fully saturated rings. The van der Waals surface area contributed by atoms with Crippen LogP contribution in [-0.2, 0) is 6.54 Å². The van der Waals surface area contributed by atoms with Crippen LogP contribution < -0.4 is 5.32 Å². The van der Waals surface area contributed by atoms with Gasteiger partial charge in [-0.25, -0.2) is 9.78 Å². The number of nitrogens with zero attached hydrogens (tertiary/aromatic N) is 6. The van der Waals surface area contributed by atoms with Crippen LogP contribution in [0.1, 0.15) is 15.5 Å². The molecule has 0 unspecified atom stereocenters. The maximum Gasteiger partial charge on any atom is 0.355 e. The van der Waals surface area contributed by atoms with Crippen LogP contribution in [0.5, 0.6) is 0 Å². The Hall–Kier alpha value is -2.62. The molecule has 9 nitrogen and oxygen atoms in total. The Labute approximate surface area is 109 Å². The summed E-state index contributed by atoms with van der Waals surface area (Å²) in [4.78, 5) is 14.7. The van der Waals surface area contributed by atoms with Crippen molar-refractivity contribution >= 4 is 28.8 Å². The van der Waals surface area contributed by atoms with E-state index in [4.69, 9.17) is 5.11 Å². The molecule has 0 spiro atoms. The van der Waals surface area contributed by atoms with Gasteiger partial charge >= 0.3 is 5.97 Å². The molecule has 0 saturated heterocycles. The van der Waals surface area contributed by atoms with Crippen molar-refractivity contribution < 1.29 is 9.90 Å². The minimum Gasteiger partial charge on any atom is -0.476 e. The third kappa shape index (κ3) is 2.33. The van der Waals surface area contributed by atoms with E-state index in [1.54, 1.807) is 12.1 Å². The molecular formula is C9H7N7O2S. The van der Waals surface area contributed by atoms with Crippen LogP contribution in [0.3, 0.4) is 0 Å². The normalized spacial score (nSPS) is 10.7. The summed E-state index contributed by atoms with van der Waals surface area (Å²) in [5.41, 5.74) is 0.596. The fourth-order valence-electron chi connectivity index (χ4n) is 1.40. The second-order valence-corrected chi connectivity index (χ2v) is 4.47. The van der Waals surface area contributed by atoms with E-state index in [0.717, 1.165) is 0 Å². The van der Waals surface area contributed by atoms with Crippen molar-refractivity contribution in [1.82, 2.24) is 30.2 Å². The van der Waals surface area contributed by atoms with E-state index in [1.807, 2.05) is 0 Å². The molecule has 3 heterocycles. The number of nitrogens with one attached hydrogen (secondary N) is 1. The topological polar surface area (TPSA) is 118 Å². The zero-order valence-corrected chi connectivity index (χ0v) is 10.2. The lowest BCUT2D eigenvalue weighted by atomic mass is 10.5. The number of tetrazole rings is 1. The number of hydrogen-bond donors (Lipinski definition) is 2. The van der Waals surface area contributed by atoms with Crippen molar-refractivity contribution in [3.8, 4) is 0 Å². The standard InChI is InChI=1S/C9H7N7O2S/c17-9(18)5-4-19-8(11-5)3-10-6-1-2-7-12-14-15-16(7)13-6/h1-2,4H,3H2,(H,10,13)(H,17,18). The van der Waals surface area contributed by atoms with Gasteiger partial charge in [0.15, 0.2) is 11.3 Å². The molecular weight excluding hydrogens is 270 g/mol. The highest BCUT2D eigenvalue weighted by atomic mass is 32.1. The Morgan fingerprint density at radius 1 is 1.47 bits per heavy atom. The van der Waals surface area contributed by atoms with E-state index in [9.17, 15) is 4.79 Å². The largest absolute Gasteiger partial charge is 0.476 e. The summed E-state index contributed by atoms with van der Waals surface area (Å²) >= 11 is 1.27. The number of aromatic nitrogens is 6. The smallest absolute Gasteiger partial charge is 0.355 e. The molecule has 19 heavy (non-hydrogen) atoms. The number of anilines is 1. The Morgan fingerprint density at radius 3 is 3.16 bits per heavy atom. The number of fused-ring (bicyclic) bond motifs is 1. The molecule has 10 heteroatoms. The summed E-state index contributed by atoms with van der Waals surface area (Å²) in [6, 6.07) is 3.46. The van der Waals surface area contributed by atoms with Crippen LogP contribution >= 0.6 is 11.3 Å². The van der Waals surface area contributed by atoms with Gasteiger partial charge in [-0.1, -0.05) is 0 Å². The zero-order chi connectivity index (χ0) is 13.2. The van der Waals surface area contributed by atoms with E-state index < -0.39 is 5.97 Å². The fraction of sp³-hybridized carbons (Fsp3) is 0.111. The number of carboxylic acid groups (broad SMARTS) is 1. The van der Waals surface area contributed by atoms with Gasteiger partial charge in [0.05, 0.1) is 6.54 Å².